The molecule has 5 heteroatoms. The molecule has 1 heterocycles. The molecular formula is C22H30NO3P. The number of nitrogens with zero attached hydrogens (tertiary/aromatic N) is 1. The molecule has 1 unspecified atom stereocenters. The number of rotatable bonds is 8. The van der Waals surface area contributed by atoms with Crippen molar-refractivity contribution in [2.75, 3.05) is 34.1 Å². The molecule has 0 aliphatic carbocycles. The number of methoxy groups -OCH3 is 2. The van der Waals surface area contributed by atoms with E-state index < -0.39 is 0 Å². The van der Waals surface area contributed by atoms with Gasteiger partial charge in [0.05, 0.1) is 7.11 Å². The quantitative estimate of drug-likeness (QED) is 0.512. The van der Waals surface area contributed by atoms with Crippen LogP contribution in [0.3, 0.4) is 0 Å². The van der Waals surface area contributed by atoms with Gasteiger partial charge in [0, 0.05) is 19.0 Å². The lowest BCUT2D eigenvalue weighted by atomic mass is 10.1. The van der Waals surface area contributed by atoms with Crippen LogP contribution in [0, 0.1) is 6.92 Å². The second-order valence-electron chi connectivity index (χ2n) is 7.04. The standard InChI is InChI=1S/C22H30NO3P/c1-17-7-10-21(18(13-17)15-23-11-5-4-6-12-23)27-22-14-19(25-3)8-9-20(22)26-16-24-2/h7-10,13-14,27H,4-6,11-12,15-16H2,1-3H3. The fourth-order valence-electron chi connectivity index (χ4n) is 3.46. The molecule has 4 nitrogen and oxygen atoms in total. The van der Waals surface area contributed by atoms with Gasteiger partial charge in [0.2, 0.25) is 0 Å². The Labute approximate surface area is 164 Å². The number of piperidine rings is 1. The van der Waals surface area contributed by atoms with Gasteiger partial charge < -0.3 is 14.2 Å². The molecule has 0 amide bonds. The summed E-state index contributed by atoms with van der Waals surface area (Å²) >= 11 is 0. The van der Waals surface area contributed by atoms with Crippen LogP contribution in [-0.2, 0) is 11.3 Å². The lowest BCUT2D eigenvalue weighted by Gasteiger charge is -2.27. The first-order valence-electron chi connectivity index (χ1n) is 9.58. The lowest BCUT2D eigenvalue weighted by molar-refractivity contribution is 0.0519. The highest BCUT2D eigenvalue weighted by Gasteiger charge is 2.15. The molecule has 146 valence electrons. The van der Waals surface area contributed by atoms with Crippen LogP contribution in [0.1, 0.15) is 30.4 Å². The molecule has 1 aliphatic rings. The van der Waals surface area contributed by atoms with Gasteiger partial charge in [0.1, 0.15) is 11.5 Å². The fraction of sp³-hybridized carbons (Fsp3) is 0.455. The first kappa shape index (κ1) is 20.1. The molecule has 0 bridgehead atoms. The van der Waals surface area contributed by atoms with Crippen LogP contribution in [0.2, 0.25) is 0 Å². The average Bonchev–Trinajstić information content (AvgIpc) is 2.69. The number of benzene rings is 2. The molecule has 0 spiro atoms. The van der Waals surface area contributed by atoms with Gasteiger partial charge in [-0.15, -0.1) is 0 Å². The summed E-state index contributed by atoms with van der Waals surface area (Å²) in [6.07, 6.45) is 3.99. The summed E-state index contributed by atoms with van der Waals surface area (Å²) in [6, 6.07) is 12.8. The summed E-state index contributed by atoms with van der Waals surface area (Å²) in [5, 5.41) is 2.52. The van der Waals surface area contributed by atoms with Crippen molar-refractivity contribution in [2.24, 2.45) is 0 Å². The Morgan fingerprint density at radius 2 is 1.78 bits per heavy atom. The van der Waals surface area contributed by atoms with Gasteiger partial charge >= 0.3 is 0 Å². The maximum absolute atomic E-state index is 5.79. The number of likely N-dealkylation sites (tertiary alicyclic amines) is 1. The van der Waals surface area contributed by atoms with Gasteiger partial charge in [0.15, 0.2) is 6.79 Å². The van der Waals surface area contributed by atoms with Gasteiger partial charge in [0.25, 0.3) is 0 Å². The highest BCUT2D eigenvalue weighted by molar-refractivity contribution is 7.55. The van der Waals surface area contributed by atoms with E-state index in [-0.39, 0.29) is 6.79 Å². The van der Waals surface area contributed by atoms with E-state index in [2.05, 4.69) is 36.1 Å². The van der Waals surface area contributed by atoms with Crippen LogP contribution in [0.4, 0.5) is 0 Å². The van der Waals surface area contributed by atoms with Gasteiger partial charge in [-0.05, 0) is 61.9 Å². The van der Waals surface area contributed by atoms with Crippen LogP contribution in [0.15, 0.2) is 36.4 Å². The Morgan fingerprint density at radius 1 is 0.963 bits per heavy atom. The third-order valence-corrected chi connectivity index (χ3v) is 6.31. The van der Waals surface area contributed by atoms with E-state index in [1.165, 1.54) is 48.8 Å². The molecular weight excluding hydrogens is 357 g/mol. The van der Waals surface area contributed by atoms with E-state index in [1.54, 1.807) is 14.2 Å². The second-order valence-corrected chi connectivity index (χ2v) is 8.36. The van der Waals surface area contributed by atoms with Gasteiger partial charge in [-0.2, -0.15) is 0 Å². The topological polar surface area (TPSA) is 30.9 Å². The van der Waals surface area contributed by atoms with Crippen molar-refractivity contribution >= 4 is 19.2 Å². The minimum Gasteiger partial charge on any atom is -0.497 e. The van der Waals surface area contributed by atoms with Crippen molar-refractivity contribution in [1.82, 2.24) is 4.90 Å². The molecule has 2 aromatic rings. The maximum Gasteiger partial charge on any atom is 0.188 e. The summed E-state index contributed by atoms with van der Waals surface area (Å²) in [6.45, 7) is 5.86. The fourth-order valence-corrected chi connectivity index (χ4v) is 4.72. The van der Waals surface area contributed by atoms with Crippen LogP contribution in [0.25, 0.3) is 0 Å². The van der Waals surface area contributed by atoms with Crippen LogP contribution >= 0.6 is 8.58 Å². The number of hydrogen-bond donors (Lipinski definition) is 0. The first-order valence-corrected chi connectivity index (χ1v) is 10.6. The number of ether oxygens (including phenoxy) is 3. The smallest absolute Gasteiger partial charge is 0.188 e. The maximum atomic E-state index is 5.79. The highest BCUT2D eigenvalue weighted by atomic mass is 31.1. The monoisotopic (exact) mass is 387 g/mol. The zero-order chi connectivity index (χ0) is 19.1. The molecule has 0 saturated carbocycles. The van der Waals surface area contributed by atoms with Crippen molar-refractivity contribution in [2.45, 2.75) is 32.7 Å². The summed E-state index contributed by atoms with van der Waals surface area (Å²) in [5.74, 6) is 1.72. The summed E-state index contributed by atoms with van der Waals surface area (Å²) in [7, 11) is 3.86. The Hall–Kier alpha value is -1.61. The zero-order valence-electron chi connectivity index (χ0n) is 16.6. The van der Waals surface area contributed by atoms with Crippen molar-refractivity contribution in [1.29, 1.82) is 0 Å². The summed E-state index contributed by atoms with van der Waals surface area (Å²) in [4.78, 5) is 2.58. The summed E-state index contributed by atoms with van der Waals surface area (Å²) in [5.41, 5.74) is 2.74. The van der Waals surface area contributed by atoms with E-state index in [0.717, 1.165) is 23.3 Å². The molecule has 3 rings (SSSR count). The molecule has 1 aliphatic heterocycles. The van der Waals surface area contributed by atoms with Gasteiger partial charge in [-0.3, -0.25) is 4.90 Å². The molecule has 1 fully saturated rings. The second kappa shape index (κ2) is 10.1. The van der Waals surface area contributed by atoms with Crippen LogP contribution in [-0.4, -0.2) is 39.0 Å². The van der Waals surface area contributed by atoms with Crippen molar-refractivity contribution in [3.8, 4) is 11.5 Å². The SMILES string of the molecule is COCOc1ccc(OC)cc1Pc1ccc(C)cc1CN1CCCCC1. The normalized spacial score (nSPS) is 15.4. The Morgan fingerprint density at radius 3 is 2.52 bits per heavy atom. The zero-order valence-corrected chi connectivity index (χ0v) is 17.6. The van der Waals surface area contributed by atoms with Crippen LogP contribution in [0.5, 0.6) is 11.5 Å². The van der Waals surface area contributed by atoms with Crippen molar-refractivity contribution < 1.29 is 14.2 Å². The minimum atomic E-state index is 0.248. The van der Waals surface area contributed by atoms with Crippen molar-refractivity contribution in [3.63, 3.8) is 0 Å². The average molecular weight is 387 g/mol. The van der Waals surface area contributed by atoms with E-state index in [1.807, 2.05) is 12.1 Å². The van der Waals surface area contributed by atoms with E-state index in [9.17, 15) is 0 Å². The predicted molar refractivity (Wildman–Crippen MR) is 113 cm³/mol. The van der Waals surface area contributed by atoms with Gasteiger partial charge in [-0.25, -0.2) is 0 Å². The van der Waals surface area contributed by atoms with E-state index in [4.69, 9.17) is 14.2 Å². The molecule has 27 heavy (non-hydrogen) atoms. The molecule has 2 aromatic carbocycles. The largest absolute Gasteiger partial charge is 0.497 e. The van der Waals surface area contributed by atoms with Gasteiger partial charge in [-0.1, -0.05) is 38.8 Å². The van der Waals surface area contributed by atoms with E-state index in [0.29, 0.717) is 8.58 Å². The number of hydrogen-bond acceptors (Lipinski definition) is 4. The minimum absolute atomic E-state index is 0.248. The highest BCUT2D eigenvalue weighted by Crippen LogP contribution is 2.26. The Kier molecular flexibility index (Phi) is 7.51. The third-order valence-electron chi connectivity index (χ3n) is 4.89. The van der Waals surface area contributed by atoms with Crippen LogP contribution < -0.4 is 20.1 Å². The molecule has 0 N–H and O–H groups in total. The molecule has 0 aromatic heterocycles. The van der Waals surface area contributed by atoms with E-state index >= 15 is 0 Å². The summed E-state index contributed by atoms with van der Waals surface area (Å²) < 4.78 is 16.3. The van der Waals surface area contributed by atoms with Crippen molar-refractivity contribution in [3.05, 3.63) is 47.5 Å². The lowest BCUT2D eigenvalue weighted by Crippen LogP contribution is -2.30. The third kappa shape index (κ3) is 5.68. The number of aryl methyl sites for hydroxylation is 1. The Bertz CT molecular complexity index is 744. The molecule has 1 atom stereocenters. The molecule has 1 saturated heterocycles. The molecule has 0 radical (unpaired) electrons. The first-order chi connectivity index (χ1) is 13.2. The Balaban J connectivity index is 1.85. The predicted octanol–water partition coefficient (Wildman–Crippen LogP) is 3.60.